The summed E-state index contributed by atoms with van der Waals surface area (Å²) in [6, 6.07) is 12.2. The van der Waals surface area contributed by atoms with Crippen molar-refractivity contribution in [2.45, 2.75) is 32.1 Å². The van der Waals surface area contributed by atoms with Crippen LogP contribution in [0.5, 0.6) is 11.5 Å². The van der Waals surface area contributed by atoms with Gasteiger partial charge in [-0.3, -0.25) is 4.79 Å². The van der Waals surface area contributed by atoms with Crippen LogP contribution in [0.3, 0.4) is 0 Å². The lowest BCUT2D eigenvalue weighted by atomic mass is 10.0. The van der Waals surface area contributed by atoms with E-state index in [2.05, 4.69) is 5.32 Å². The van der Waals surface area contributed by atoms with Crippen molar-refractivity contribution in [2.75, 3.05) is 19.0 Å². The van der Waals surface area contributed by atoms with Crippen molar-refractivity contribution in [1.82, 2.24) is 5.01 Å². The molecule has 31 heavy (non-hydrogen) atoms. The summed E-state index contributed by atoms with van der Waals surface area (Å²) in [5.41, 5.74) is 8.32. The summed E-state index contributed by atoms with van der Waals surface area (Å²) in [4.78, 5) is 23.7. The average molecular weight is 443 g/mol. The number of carbonyl (C=O) groups excluding carboxylic acids is 2. The number of nitrogens with one attached hydrogen (secondary N) is 1. The molecule has 1 atom stereocenters. The highest BCUT2D eigenvalue weighted by molar-refractivity contribution is 8.14. The molecule has 0 aromatic heterocycles. The molecule has 0 radical (unpaired) electrons. The molecule has 9 heteroatoms. The molecule has 0 bridgehead atoms. The number of nitrogens with two attached hydrogens (primary N) is 1. The second-order valence-electron chi connectivity index (χ2n) is 6.81. The lowest BCUT2D eigenvalue weighted by Crippen LogP contribution is -2.34. The second-order valence-corrected chi connectivity index (χ2v) is 7.96. The summed E-state index contributed by atoms with van der Waals surface area (Å²) in [7, 11) is 1.60. The third-order valence-electron chi connectivity index (χ3n) is 4.67. The van der Waals surface area contributed by atoms with Crippen LogP contribution in [0.4, 0.5) is 15.3 Å². The van der Waals surface area contributed by atoms with Crippen molar-refractivity contribution in [3.05, 3.63) is 53.6 Å². The van der Waals surface area contributed by atoms with Crippen LogP contribution >= 0.6 is 11.8 Å². The molecule has 0 fully saturated rings. The number of nitrogens with zero attached hydrogens (tertiary/aromatic N) is 2. The third-order valence-corrected chi connectivity index (χ3v) is 5.92. The summed E-state index contributed by atoms with van der Waals surface area (Å²) >= 11 is 1.27. The minimum Gasteiger partial charge on any atom is -0.493 e. The van der Waals surface area contributed by atoms with E-state index in [0.29, 0.717) is 30.3 Å². The average Bonchev–Trinajstić information content (AvgIpc) is 2.76. The van der Waals surface area contributed by atoms with E-state index in [-0.39, 0.29) is 10.5 Å². The molecule has 3 rings (SSSR count). The van der Waals surface area contributed by atoms with Gasteiger partial charge >= 0.3 is 11.3 Å². The van der Waals surface area contributed by atoms with E-state index in [1.54, 1.807) is 19.2 Å². The number of rotatable bonds is 8. The van der Waals surface area contributed by atoms with E-state index in [1.807, 2.05) is 44.2 Å². The number of ether oxygens (including phenoxy) is 2. The number of hydrazone groups is 1. The van der Waals surface area contributed by atoms with Gasteiger partial charge in [-0.1, -0.05) is 30.8 Å². The highest BCUT2D eigenvalue weighted by Gasteiger charge is 2.30. The van der Waals surface area contributed by atoms with Gasteiger partial charge in [-0.2, -0.15) is 5.10 Å². The molecule has 0 spiro atoms. The molecule has 3 amide bonds. The Kier molecular flexibility index (Phi) is 7.41. The Morgan fingerprint density at radius 1 is 1.19 bits per heavy atom. The summed E-state index contributed by atoms with van der Waals surface area (Å²) in [6.45, 7) is 4.79. The quantitative estimate of drug-likeness (QED) is 0.629. The van der Waals surface area contributed by atoms with Crippen LogP contribution in [0.15, 0.2) is 47.6 Å². The fraction of sp³-hybridized carbons (Fsp3) is 0.318. The van der Waals surface area contributed by atoms with Gasteiger partial charge in [0.05, 0.1) is 31.2 Å². The molecule has 3 N–H and O–H groups in total. The number of urea groups is 1. The first kappa shape index (κ1) is 22.5. The van der Waals surface area contributed by atoms with Crippen LogP contribution in [-0.4, -0.2) is 41.0 Å². The highest BCUT2D eigenvalue weighted by atomic mass is 32.2. The third kappa shape index (κ3) is 5.49. The van der Waals surface area contributed by atoms with Crippen LogP contribution in [0, 0.1) is 0 Å². The molecule has 1 unspecified atom stereocenters. The predicted octanol–water partition coefficient (Wildman–Crippen LogP) is 4.44. The molecule has 164 valence electrons. The van der Waals surface area contributed by atoms with Crippen molar-refractivity contribution >= 4 is 34.4 Å². The van der Waals surface area contributed by atoms with Crippen LogP contribution in [-0.2, 0) is 6.54 Å². The van der Waals surface area contributed by atoms with Crippen molar-refractivity contribution in [1.29, 1.82) is 0 Å². The topological polar surface area (TPSA) is 106 Å². The number of thioether (sulfide) groups is 1. The van der Waals surface area contributed by atoms with Gasteiger partial charge in [-0.15, -0.1) is 0 Å². The maximum atomic E-state index is 12.7. The Bertz CT molecular complexity index is 978. The van der Waals surface area contributed by atoms with Gasteiger partial charge in [0.2, 0.25) is 0 Å². The molecule has 0 aliphatic carbocycles. The normalized spacial score (nSPS) is 16.0. The fourth-order valence-electron chi connectivity index (χ4n) is 3.21. The summed E-state index contributed by atoms with van der Waals surface area (Å²) in [6.07, 6.45) is 0.770. The van der Waals surface area contributed by atoms with Crippen LogP contribution < -0.4 is 20.5 Å². The lowest BCUT2D eigenvalue weighted by Gasteiger charge is -2.28. The largest absolute Gasteiger partial charge is 0.493 e. The zero-order valence-corrected chi connectivity index (χ0v) is 18.6. The number of hydrogen-bond donors (Lipinski definition) is 2. The number of methoxy groups -OCH3 is 1. The standard InChI is InChI=1S/C22H26N4O4S/c1-4-19-20(15-8-11-17(29-3)18(12-15)30-5-2)25-26(22(28)31-19)13-14-6-9-16(10-7-14)24-21(23)27/h6-12,19H,4-5,13H2,1-3H3,(H3,23,24,27). The molecule has 1 aliphatic heterocycles. The molecule has 0 saturated heterocycles. The SMILES string of the molecule is CCOc1cc(C2=NN(Cc3ccc(NC(N)=O)cc3)C(=O)SC2CC)ccc1OC. The summed E-state index contributed by atoms with van der Waals surface area (Å²) in [5, 5.41) is 8.53. The van der Waals surface area contributed by atoms with E-state index in [4.69, 9.17) is 20.3 Å². The fourth-order valence-corrected chi connectivity index (χ4v) is 4.14. The maximum Gasteiger partial charge on any atom is 0.316 e. The molecular formula is C22H26N4O4S. The summed E-state index contributed by atoms with van der Waals surface area (Å²) < 4.78 is 11.1. The number of primary amides is 1. The number of benzene rings is 2. The van der Waals surface area contributed by atoms with Gasteiger partial charge in [0, 0.05) is 11.3 Å². The van der Waals surface area contributed by atoms with Gasteiger partial charge in [0.1, 0.15) is 0 Å². The van der Waals surface area contributed by atoms with E-state index in [9.17, 15) is 9.59 Å². The first-order valence-corrected chi connectivity index (χ1v) is 10.9. The Morgan fingerprint density at radius 2 is 1.94 bits per heavy atom. The molecule has 0 saturated carbocycles. The van der Waals surface area contributed by atoms with Gasteiger partial charge in [-0.25, -0.2) is 9.80 Å². The maximum absolute atomic E-state index is 12.7. The monoisotopic (exact) mass is 442 g/mol. The molecule has 2 aromatic carbocycles. The van der Waals surface area contributed by atoms with Gasteiger partial charge in [0.25, 0.3) is 0 Å². The van der Waals surface area contributed by atoms with Gasteiger partial charge in [-0.05, 0) is 49.2 Å². The van der Waals surface area contributed by atoms with Crippen molar-refractivity contribution in [3.63, 3.8) is 0 Å². The molecule has 8 nitrogen and oxygen atoms in total. The minimum atomic E-state index is -0.624. The van der Waals surface area contributed by atoms with E-state index in [1.165, 1.54) is 16.8 Å². The molecule has 1 heterocycles. The van der Waals surface area contributed by atoms with Crippen LogP contribution in [0.2, 0.25) is 0 Å². The van der Waals surface area contributed by atoms with E-state index >= 15 is 0 Å². The molecule has 2 aromatic rings. The van der Waals surface area contributed by atoms with Crippen molar-refractivity contribution in [3.8, 4) is 11.5 Å². The molecular weight excluding hydrogens is 416 g/mol. The summed E-state index contributed by atoms with van der Waals surface area (Å²) in [5.74, 6) is 1.30. The predicted molar refractivity (Wildman–Crippen MR) is 123 cm³/mol. The van der Waals surface area contributed by atoms with E-state index in [0.717, 1.165) is 23.3 Å². The zero-order valence-electron chi connectivity index (χ0n) is 17.8. The highest BCUT2D eigenvalue weighted by Crippen LogP contribution is 2.34. The number of carbonyl (C=O) groups is 2. The Balaban J connectivity index is 1.88. The number of anilines is 1. The van der Waals surface area contributed by atoms with Gasteiger partial charge in [0.15, 0.2) is 11.5 Å². The van der Waals surface area contributed by atoms with Crippen molar-refractivity contribution < 1.29 is 19.1 Å². The van der Waals surface area contributed by atoms with Gasteiger partial charge < -0.3 is 20.5 Å². The van der Waals surface area contributed by atoms with E-state index < -0.39 is 6.03 Å². The smallest absolute Gasteiger partial charge is 0.316 e. The van der Waals surface area contributed by atoms with Crippen LogP contribution in [0.1, 0.15) is 31.4 Å². The first-order chi connectivity index (χ1) is 14.9. The van der Waals surface area contributed by atoms with Crippen molar-refractivity contribution in [2.24, 2.45) is 10.8 Å². The Hall–Kier alpha value is -3.20. The minimum absolute atomic E-state index is 0.0474. The second kappa shape index (κ2) is 10.2. The zero-order chi connectivity index (χ0) is 22.4. The first-order valence-electron chi connectivity index (χ1n) is 9.98. The number of amides is 3. The number of hydrogen-bond acceptors (Lipinski definition) is 6. The Labute approximate surface area is 185 Å². The molecule has 1 aliphatic rings. The van der Waals surface area contributed by atoms with Crippen LogP contribution in [0.25, 0.3) is 0 Å². The Morgan fingerprint density at radius 3 is 2.55 bits per heavy atom. The lowest BCUT2D eigenvalue weighted by molar-refractivity contribution is 0.222.